The highest BCUT2D eigenvalue weighted by Crippen LogP contribution is 2.40. The largest absolute Gasteiger partial charge is 0.598 e. The number of benzene rings is 1. The fourth-order valence-electron chi connectivity index (χ4n) is 1.80. The lowest BCUT2D eigenvalue weighted by molar-refractivity contribution is -0.139. The Hall–Kier alpha value is -0.960. The van der Waals surface area contributed by atoms with Crippen LogP contribution in [0.15, 0.2) is 18.2 Å². The molecule has 1 N–H and O–H groups in total. The van der Waals surface area contributed by atoms with Crippen molar-refractivity contribution in [1.82, 2.24) is 4.72 Å². The van der Waals surface area contributed by atoms with E-state index in [1.165, 1.54) is 19.2 Å². The SMILES string of the molecule is COCOc1c([C@@H](C)N[S@@+]([O-])C(C)(C)C)cccc1C(F)(F)F. The molecule has 8 heteroatoms. The van der Waals surface area contributed by atoms with Crippen LogP contribution in [-0.4, -0.2) is 23.2 Å². The first-order valence-corrected chi connectivity index (χ1v) is 8.13. The fourth-order valence-corrected chi connectivity index (χ4v) is 2.60. The maximum atomic E-state index is 13.2. The quantitative estimate of drug-likeness (QED) is 0.624. The molecule has 0 fully saturated rings. The molecule has 0 saturated carbocycles. The standard InChI is InChI=1S/C15H22F3NO3S/c1-10(19-23(20)14(2,3)4)11-7-6-8-12(15(16,17)18)13(11)22-9-21-5/h6-8,10,19H,9H2,1-5H3/t10-,23+/m1/s1. The molecule has 1 aromatic carbocycles. The van der Waals surface area contributed by atoms with E-state index in [1.807, 2.05) is 0 Å². The van der Waals surface area contributed by atoms with E-state index in [-0.39, 0.29) is 18.1 Å². The first-order valence-electron chi connectivity index (χ1n) is 6.98. The van der Waals surface area contributed by atoms with Gasteiger partial charge in [-0.15, -0.1) is 4.72 Å². The van der Waals surface area contributed by atoms with Gasteiger partial charge < -0.3 is 14.0 Å². The second-order valence-electron chi connectivity index (χ2n) is 5.99. The lowest BCUT2D eigenvalue weighted by atomic mass is 10.0. The van der Waals surface area contributed by atoms with Crippen molar-refractivity contribution < 1.29 is 27.2 Å². The van der Waals surface area contributed by atoms with Crippen molar-refractivity contribution in [1.29, 1.82) is 0 Å². The first kappa shape index (κ1) is 20.1. The number of nitrogens with one attached hydrogen (secondary N) is 1. The Balaban J connectivity index is 3.18. The van der Waals surface area contributed by atoms with Crippen molar-refractivity contribution in [3.63, 3.8) is 0 Å². The summed E-state index contributed by atoms with van der Waals surface area (Å²) in [5.41, 5.74) is -0.614. The summed E-state index contributed by atoms with van der Waals surface area (Å²) in [6.45, 7) is 6.65. The summed E-state index contributed by atoms with van der Waals surface area (Å²) in [7, 11) is 1.33. The third kappa shape index (κ3) is 5.56. The van der Waals surface area contributed by atoms with Crippen LogP contribution in [0.5, 0.6) is 5.75 Å². The van der Waals surface area contributed by atoms with Gasteiger partial charge in [-0.05, 0) is 33.8 Å². The Kier molecular flexibility index (Phi) is 6.76. The Morgan fingerprint density at radius 3 is 2.35 bits per heavy atom. The van der Waals surface area contributed by atoms with Gasteiger partial charge in [-0.25, -0.2) is 0 Å². The third-order valence-electron chi connectivity index (χ3n) is 2.98. The van der Waals surface area contributed by atoms with Crippen LogP contribution in [0.4, 0.5) is 13.2 Å². The predicted octanol–water partition coefficient (Wildman–Crippen LogP) is 3.80. The molecule has 0 saturated heterocycles. The minimum Gasteiger partial charge on any atom is -0.598 e. The van der Waals surface area contributed by atoms with Crippen LogP contribution >= 0.6 is 0 Å². The van der Waals surface area contributed by atoms with Crippen LogP contribution in [0, 0.1) is 0 Å². The molecular formula is C15H22F3NO3S. The number of hydrogen-bond acceptors (Lipinski definition) is 4. The highest BCUT2D eigenvalue weighted by Gasteiger charge is 2.37. The van der Waals surface area contributed by atoms with Gasteiger partial charge in [0.05, 0.1) is 11.6 Å². The first-order chi connectivity index (χ1) is 10.5. The van der Waals surface area contributed by atoms with Crippen LogP contribution in [-0.2, 0) is 22.3 Å². The zero-order valence-electron chi connectivity index (χ0n) is 13.8. The normalized spacial score (nSPS) is 15.3. The van der Waals surface area contributed by atoms with Gasteiger partial charge in [0.25, 0.3) is 0 Å². The molecule has 0 spiro atoms. The number of hydrogen-bond donors (Lipinski definition) is 1. The number of halogens is 3. The second-order valence-corrected chi connectivity index (χ2v) is 7.99. The van der Waals surface area contributed by atoms with Crippen molar-refractivity contribution in [2.75, 3.05) is 13.9 Å². The highest BCUT2D eigenvalue weighted by atomic mass is 32.2. The number of rotatable bonds is 6. The molecule has 0 unspecified atom stereocenters. The van der Waals surface area contributed by atoms with Gasteiger partial charge in [-0.2, -0.15) is 13.2 Å². The van der Waals surface area contributed by atoms with Gasteiger partial charge in [0.1, 0.15) is 10.5 Å². The molecule has 0 aliphatic carbocycles. The predicted molar refractivity (Wildman–Crippen MR) is 83.4 cm³/mol. The average molecular weight is 353 g/mol. The number of para-hydroxylation sites is 1. The molecule has 0 aliphatic rings. The second kappa shape index (κ2) is 7.74. The van der Waals surface area contributed by atoms with Crippen molar-refractivity contribution in [2.24, 2.45) is 0 Å². The van der Waals surface area contributed by atoms with Crippen molar-refractivity contribution in [2.45, 2.75) is 44.7 Å². The van der Waals surface area contributed by atoms with Gasteiger partial charge in [0.2, 0.25) is 0 Å². The number of alkyl halides is 3. The van der Waals surface area contributed by atoms with Crippen molar-refractivity contribution in [3.05, 3.63) is 29.3 Å². The molecule has 0 aliphatic heterocycles. The third-order valence-corrected chi connectivity index (χ3v) is 4.66. The van der Waals surface area contributed by atoms with E-state index in [4.69, 9.17) is 9.47 Å². The highest BCUT2D eigenvalue weighted by molar-refractivity contribution is 7.90. The van der Waals surface area contributed by atoms with Gasteiger partial charge in [-0.1, -0.05) is 12.1 Å². The maximum Gasteiger partial charge on any atom is 0.419 e. The van der Waals surface area contributed by atoms with E-state index in [1.54, 1.807) is 27.7 Å². The molecule has 0 radical (unpaired) electrons. The summed E-state index contributed by atoms with van der Waals surface area (Å²) < 4.78 is 63.8. The van der Waals surface area contributed by atoms with Crippen LogP contribution in [0.2, 0.25) is 0 Å². The zero-order valence-corrected chi connectivity index (χ0v) is 14.6. The van der Waals surface area contributed by atoms with Crippen molar-refractivity contribution >= 4 is 11.4 Å². The number of methoxy groups -OCH3 is 1. The summed E-state index contributed by atoms with van der Waals surface area (Å²) in [5, 5.41) is 0. The Bertz CT molecular complexity index is 518. The summed E-state index contributed by atoms with van der Waals surface area (Å²) in [6, 6.07) is 3.17. The van der Waals surface area contributed by atoms with E-state index in [0.29, 0.717) is 0 Å². The van der Waals surface area contributed by atoms with Gasteiger partial charge in [0, 0.05) is 24.0 Å². The lowest BCUT2D eigenvalue weighted by Crippen LogP contribution is -2.40. The van der Waals surface area contributed by atoms with E-state index in [9.17, 15) is 17.7 Å². The topological polar surface area (TPSA) is 53.5 Å². The Labute approximate surface area is 137 Å². The summed E-state index contributed by atoms with van der Waals surface area (Å²) in [5.74, 6) is -0.312. The molecule has 132 valence electrons. The Morgan fingerprint density at radius 2 is 1.87 bits per heavy atom. The molecule has 0 amide bonds. The average Bonchev–Trinajstić information content (AvgIpc) is 2.42. The zero-order chi connectivity index (χ0) is 17.8. The lowest BCUT2D eigenvalue weighted by Gasteiger charge is -2.27. The van der Waals surface area contributed by atoms with E-state index in [0.717, 1.165) is 6.07 Å². The van der Waals surface area contributed by atoms with Crippen LogP contribution in [0.25, 0.3) is 0 Å². The monoisotopic (exact) mass is 353 g/mol. The molecule has 2 atom stereocenters. The molecule has 0 heterocycles. The summed E-state index contributed by atoms with van der Waals surface area (Å²) in [6.07, 6.45) is -4.55. The van der Waals surface area contributed by atoms with Crippen molar-refractivity contribution in [3.8, 4) is 5.75 Å². The van der Waals surface area contributed by atoms with Gasteiger partial charge in [-0.3, -0.25) is 0 Å². The molecule has 23 heavy (non-hydrogen) atoms. The molecule has 0 bridgehead atoms. The molecular weight excluding hydrogens is 331 g/mol. The van der Waals surface area contributed by atoms with Gasteiger partial charge in [0.15, 0.2) is 6.79 Å². The van der Waals surface area contributed by atoms with Crippen LogP contribution in [0.1, 0.15) is 44.9 Å². The molecule has 1 rings (SSSR count). The molecule has 4 nitrogen and oxygen atoms in total. The Morgan fingerprint density at radius 1 is 1.26 bits per heavy atom. The van der Waals surface area contributed by atoms with E-state index in [2.05, 4.69) is 4.72 Å². The minimum atomic E-state index is -4.55. The van der Waals surface area contributed by atoms with E-state index >= 15 is 0 Å². The summed E-state index contributed by atoms with van der Waals surface area (Å²) >= 11 is -1.43. The number of ether oxygens (including phenoxy) is 2. The fraction of sp³-hybridized carbons (Fsp3) is 0.600. The summed E-state index contributed by atoms with van der Waals surface area (Å²) in [4.78, 5) is 0. The maximum absolute atomic E-state index is 13.2. The van der Waals surface area contributed by atoms with E-state index < -0.39 is 33.9 Å². The smallest absolute Gasteiger partial charge is 0.419 e. The molecule has 0 aromatic heterocycles. The minimum absolute atomic E-state index is 0.273. The van der Waals surface area contributed by atoms with Crippen LogP contribution < -0.4 is 9.46 Å². The van der Waals surface area contributed by atoms with Crippen LogP contribution in [0.3, 0.4) is 0 Å². The van der Waals surface area contributed by atoms with Gasteiger partial charge >= 0.3 is 6.18 Å². The molecule has 1 aromatic rings.